The third-order valence-corrected chi connectivity index (χ3v) is 4.95. The van der Waals surface area contributed by atoms with Crippen LogP contribution in [0.15, 0.2) is 39.8 Å². The molecule has 1 heterocycles. The molecule has 0 saturated carbocycles. The summed E-state index contributed by atoms with van der Waals surface area (Å²) in [7, 11) is -0.898. The van der Waals surface area contributed by atoms with Gasteiger partial charge in [-0.05, 0) is 37.1 Å². The molecule has 0 radical (unpaired) electrons. The first-order chi connectivity index (χ1) is 10.2. The molecule has 0 fully saturated rings. The van der Waals surface area contributed by atoms with E-state index in [9.17, 15) is 13.2 Å². The van der Waals surface area contributed by atoms with Gasteiger partial charge in [-0.1, -0.05) is 18.2 Å². The van der Waals surface area contributed by atoms with Gasteiger partial charge in [0.1, 0.15) is 0 Å². The maximum Gasteiger partial charge on any atom is 0.291 e. The highest BCUT2D eigenvalue weighted by Crippen LogP contribution is 2.22. The summed E-state index contributed by atoms with van der Waals surface area (Å²) in [6, 6.07) is 8.28. The van der Waals surface area contributed by atoms with E-state index in [2.05, 4.69) is 5.32 Å². The van der Waals surface area contributed by atoms with E-state index in [-0.39, 0.29) is 10.9 Å². The molecule has 0 saturated heterocycles. The van der Waals surface area contributed by atoms with Gasteiger partial charge in [0.05, 0.1) is 0 Å². The molecule has 118 valence electrons. The van der Waals surface area contributed by atoms with Gasteiger partial charge in [0, 0.05) is 19.8 Å². The number of anilines is 1. The van der Waals surface area contributed by atoms with Crippen LogP contribution in [0.4, 0.5) is 5.69 Å². The van der Waals surface area contributed by atoms with E-state index in [4.69, 9.17) is 4.42 Å². The Labute approximate surface area is 129 Å². The monoisotopic (exact) mass is 322 g/mol. The predicted octanol–water partition coefficient (Wildman–Crippen LogP) is 2.40. The number of carbonyl (C=O) groups is 1. The molecule has 6 nitrogen and oxygen atoms in total. The summed E-state index contributed by atoms with van der Waals surface area (Å²) in [4.78, 5) is 12.2. The zero-order chi connectivity index (χ0) is 16.5. The molecule has 7 heteroatoms. The lowest BCUT2D eigenvalue weighted by atomic mass is 10.1. The van der Waals surface area contributed by atoms with E-state index in [0.717, 1.165) is 15.4 Å². The van der Waals surface area contributed by atoms with Crippen LogP contribution in [-0.4, -0.2) is 32.7 Å². The van der Waals surface area contributed by atoms with Crippen molar-refractivity contribution in [1.29, 1.82) is 0 Å². The first-order valence-electron chi connectivity index (χ1n) is 6.63. The highest BCUT2D eigenvalue weighted by molar-refractivity contribution is 7.88. The molecule has 1 aromatic carbocycles. The molecule has 0 atom stereocenters. The minimum atomic E-state index is -3.69. The number of para-hydroxylation sites is 1. The molecule has 0 bridgehead atoms. The molecule has 22 heavy (non-hydrogen) atoms. The van der Waals surface area contributed by atoms with Gasteiger partial charge in [-0.2, -0.15) is 0 Å². The van der Waals surface area contributed by atoms with E-state index in [1.165, 1.54) is 26.2 Å². The molecular weight excluding hydrogens is 304 g/mol. The summed E-state index contributed by atoms with van der Waals surface area (Å²) in [5.74, 6) is -0.541. The minimum Gasteiger partial charge on any atom is -0.438 e. The van der Waals surface area contributed by atoms with Gasteiger partial charge in [0.15, 0.2) is 5.76 Å². The number of aryl methyl sites for hydroxylation is 2. The fourth-order valence-corrected chi connectivity index (χ4v) is 2.74. The molecular formula is C15H18N2O4S. The second-order valence-corrected chi connectivity index (χ2v) is 7.21. The van der Waals surface area contributed by atoms with Crippen molar-refractivity contribution in [1.82, 2.24) is 4.31 Å². The molecule has 0 spiro atoms. The fraction of sp³-hybridized carbons (Fsp3) is 0.267. The van der Waals surface area contributed by atoms with Gasteiger partial charge in [-0.25, -0.2) is 12.7 Å². The third-order valence-electron chi connectivity index (χ3n) is 3.26. The molecule has 0 aliphatic heterocycles. The van der Waals surface area contributed by atoms with Gasteiger partial charge >= 0.3 is 0 Å². The second kappa shape index (κ2) is 5.94. The lowest BCUT2D eigenvalue weighted by Gasteiger charge is -2.10. The van der Waals surface area contributed by atoms with E-state index < -0.39 is 15.9 Å². The van der Waals surface area contributed by atoms with Crippen LogP contribution in [-0.2, 0) is 10.0 Å². The molecule has 0 aliphatic rings. The highest BCUT2D eigenvalue weighted by atomic mass is 32.2. The summed E-state index contributed by atoms with van der Waals surface area (Å²) in [6.07, 6.45) is 0. The van der Waals surface area contributed by atoms with E-state index in [1.807, 2.05) is 32.0 Å². The van der Waals surface area contributed by atoms with Crippen LogP contribution in [0.5, 0.6) is 0 Å². The summed E-state index contributed by atoms with van der Waals surface area (Å²) in [5.41, 5.74) is 2.53. The van der Waals surface area contributed by atoms with Gasteiger partial charge in [-0.3, -0.25) is 4.79 Å². The Morgan fingerprint density at radius 2 is 1.68 bits per heavy atom. The van der Waals surface area contributed by atoms with Gasteiger partial charge in [0.2, 0.25) is 5.09 Å². The zero-order valence-corrected chi connectivity index (χ0v) is 13.7. The van der Waals surface area contributed by atoms with Crippen LogP contribution in [0.25, 0.3) is 0 Å². The van der Waals surface area contributed by atoms with E-state index in [0.29, 0.717) is 5.69 Å². The Kier molecular flexibility index (Phi) is 4.39. The number of nitrogens with one attached hydrogen (secondary N) is 1. The Morgan fingerprint density at radius 1 is 1.09 bits per heavy atom. The molecule has 0 unspecified atom stereocenters. The molecule has 2 rings (SSSR count). The number of amides is 1. The van der Waals surface area contributed by atoms with E-state index >= 15 is 0 Å². The number of hydrogen-bond donors (Lipinski definition) is 1. The maximum absolute atomic E-state index is 12.2. The van der Waals surface area contributed by atoms with Crippen LogP contribution >= 0.6 is 0 Å². The number of nitrogens with zero attached hydrogens (tertiary/aromatic N) is 1. The summed E-state index contributed by atoms with van der Waals surface area (Å²) in [6.45, 7) is 3.76. The lowest BCUT2D eigenvalue weighted by Crippen LogP contribution is -2.21. The van der Waals surface area contributed by atoms with Gasteiger partial charge in [0.25, 0.3) is 15.9 Å². The number of sulfonamides is 1. The molecule has 1 aromatic heterocycles. The standard InChI is InChI=1S/C15H18N2O4S/c1-10-6-5-7-11(2)14(10)16-15(18)12-8-9-13(21-12)22(19,20)17(3)4/h5-9H,1-4H3,(H,16,18). The highest BCUT2D eigenvalue weighted by Gasteiger charge is 2.23. The fourth-order valence-electron chi connectivity index (χ4n) is 1.95. The number of benzene rings is 1. The SMILES string of the molecule is Cc1cccc(C)c1NC(=O)c1ccc(S(=O)(=O)N(C)C)o1. The topological polar surface area (TPSA) is 79.6 Å². The number of furan rings is 1. The first-order valence-corrected chi connectivity index (χ1v) is 8.07. The van der Waals surface area contributed by atoms with Crippen molar-refractivity contribution in [2.75, 3.05) is 19.4 Å². The Morgan fingerprint density at radius 3 is 2.23 bits per heavy atom. The average Bonchev–Trinajstić information content (AvgIpc) is 2.93. The Hall–Kier alpha value is -2.12. The van der Waals surface area contributed by atoms with Crippen molar-refractivity contribution in [3.05, 3.63) is 47.2 Å². The molecule has 1 amide bonds. The normalized spacial score (nSPS) is 11.7. The first kappa shape index (κ1) is 16.3. The second-order valence-electron chi connectivity index (χ2n) is 5.13. The van der Waals surface area contributed by atoms with Gasteiger partial charge < -0.3 is 9.73 Å². The van der Waals surface area contributed by atoms with Crippen molar-refractivity contribution in [2.45, 2.75) is 18.9 Å². The van der Waals surface area contributed by atoms with Crippen molar-refractivity contribution in [3.63, 3.8) is 0 Å². The lowest BCUT2D eigenvalue weighted by molar-refractivity contribution is 0.0991. The summed E-state index contributed by atoms with van der Waals surface area (Å²) < 4.78 is 30.1. The van der Waals surface area contributed by atoms with Crippen LogP contribution in [0, 0.1) is 13.8 Å². The smallest absolute Gasteiger partial charge is 0.291 e. The predicted molar refractivity (Wildman–Crippen MR) is 83.5 cm³/mol. The Balaban J connectivity index is 2.27. The van der Waals surface area contributed by atoms with Gasteiger partial charge in [-0.15, -0.1) is 0 Å². The quantitative estimate of drug-likeness (QED) is 0.937. The van der Waals surface area contributed by atoms with E-state index in [1.54, 1.807) is 0 Å². The van der Waals surface area contributed by atoms with Crippen molar-refractivity contribution >= 4 is 21.6 Å². The Bertz CT molecular complexity index is 786. The third kappa shape index (κ3) is 3.05. The van der Waals surface area contributed by atoms with Crippen LogP contribution in [0.2, 0.25) is 0 Å². The van der Waals surface area contributed by atoms with Crippen LogP contribution in [0.1, 0.15) is 21.7 Å². The molecule has 1 N–H and O–H groups in total. The number of hydrogen-bond acceptors (Lipinski definition) is 4. The maximum atomic E-state index is 12.2. The molecule has 0 aliphatic carbocycles. The van der Waals surface area contributed by atoms with Crippen LogP contribution in [0.3, 0.4) is 0 Å². The van der Waals surface area contributed by atoms with Crippen molar-refractivity contribution in [3.8, 4) is 0 Å². The average molecular weight is 322 g/mol. The summed E-state index contributed by atoms with van der Waals surface area (Å²) in [5, 5.41) is 2.49. The molecule has 2 aromatic rings. The summed E-state index contributed by atoms with van der Waals surface area (Å²) >= 11 is 0. The number of rotatable bonds is 4. The zero-order valence-electron chi connectivity index (χ0n) is 12.9. The van der Waals surface area contributed by atoms with Crippen molar-refractivity contribution < 1.29 is 17.6 Å². The number of carbonyl (C=O) groups excluding carboxylic acids is 1. The largest absolute Gasteiger partial charge is 0.438 e. The van der Waals surface area contributed by atoms with Crippen molar-refractivity contribution in [2.24, 2.45) is 0 Å². The van der Waals surface area contributed by atoms with Crippen LogP contribution < -0.4 is 5.32 Å². The minimum absolute atomic E-state index is 0.0527.